The molecule has 2 N–H and O–H groups in total. The number of carbonyl (C=O) groups excluding carboxylic acids is 1. The van der Waals surface area contributed by atoms with E-state index in [4.69, 9.17) is 5.11 Å². The van der Waals surface area contributed by atoms with Crippen molar-refractivity contribution in [3.63, 3.8) is 0 Å². The molecule has 1 amide bonds. The maximum absolute atomic E-state index is 13.5. The van der Waals surface area contributed by atoms with Crippen molar-refractivity contribution in [2.75, 3.05) is 6.54 Å². The number of carbonyl (C=O) groups is 2. The van der Waals surface area contributed by atoms with Crippen LogP contribution in [0.5, 0.6) is 5.75 Å². The molecule has 0 aliphatic heterocycles. The molecule has 5 nitrogen and oxygen atoms in total. The van der Waals surface area contributed by atoms with Gasteiger partial charge in [-0.15, -0.1) is 13.2 Å². The van der Waals surface area contributed by atoms with Crippen LogP contribution < -0.4 is 10.1 Å². The van der Waals surface area contributed by atoms with E-state index >= 15 is 0 Å². The summed E-state index contributed by atoms with van der Waals surface area (Å²) in [5.74, 6) is -3.26. The van der Waals surface area contributed by atoms with Gasteiger partial charge in [0.25, 0.3) is 5.91 Å². The number of hydrogen-bond donors (Lipinski definition) is 2. The van der Waals surface area contributed by atoms with Crippen molar-refractivity contribution in [3.05, 3.63) is 89.5 Å². The van der Waals surface area contributed by atoms with Crippen LogP contribution in [-0.4, -0.2) is 36.1 Å². The lowest BCUT2D eigenvalue weighted by Gasteiger charge is -2.42. The number of hydrogen-bond acceptors (Lipinski definition) is 3. The molecule has 0 aromatic heterocycles. The summed E-state index contributed by atoms with van der Waals surface area (Å²) in [4.78, 5) is 23.1. The number of carboxylic acid groups (broad SMARTS) is 1. The van der Waals surface area contributed by atoms with Crippen LogP contribution in [0.4, 0.5) is 26.3 Å². The zero-order chi connectivity index (χ0) is 29.8. The number of nitrogens with one attached hydrogen (secondary N) is 1. The van der Waals surface area contributed by atoms with Gasteiger partial charge in [0.2, 0.25) is 0 Å². The van der Waals surface area contributed by atoms with Gasteiger partial charge in [0.1, 0.15) is 5.75 Å². The maximum atomic E-state index is 13.5. The van der Waals surface area contributed by atoms with E-state index in [2.05, 4.69) is 10.1 Å². The third-order valence-corrected chi connectivity index (χ3v) is 7.48. The van der Waals surface area contributed by atoms with Crippen LogP contribution in [0.3, 0.4) is 0 Å². The van der Waals surface area contributed by atoms with Crippen LogP contribution in [0.25, 0.3) is 11.1 Å². The van der Waals surface area contributed by atoms with Crippen LogP contribution in [0, 0.1) is 5.92 Å². The maximum Gasteiger partial charge on any atom is 0.573 e. The Morgan fingerprint density at radius 1 is 0.805 bits per heavy atom. The van der Waals surface area contributed by atoms with E-state index in [1.807, 2.05) is 12.1 Å². The molecule has 1 saturated carbocycles. The number of ether oxygens (including phenoxy) is 1. The first-order valence-corrected chi connectivity index (χ1v) is 12.9. The first kappa shape index (κ1) is 30.0. The molecule has 0 heterocycles. The summed E-state index contributed by atoms with van der Waals surface area (Å²) in [5.41, 5.74) is 2.44. The Bertz CT molecular complexity index is 1340. The highest BCUT2D eigenvalue weighted by atomic mass is 19.4. The summed E-state index contributed by atoms with van der Waals surface area (Å²) in [7, 11) is 0. The Hall–Kier alpha value is -4.02. The van der Waals surface area contributed by atoms with Crippen molar-refractivity contribution in [1.29, 1.82) is 0 Å². The minimum absolute atomic E-state index is 0.0386. The predicted octanol–water partition coefficient (Wildman–Crippen LogP) is 7.50. The molecule has 218 valence electrons. The van der Waals surface area contributed by atoms with E-state index in [1.54, 1.807) is 36.4 Å². The summed E-state index contributed by atoms with van der Waals surface area (Å²) in [6, 6.07) is 19.1. The van der Waals surface area contributed by atoms with Crippen LogP contribution >= 0.6 is 0 Å². The fourth-order valence-corrected chi connectivity index (χ4v) is 5.34. The quantitative estimate of drug-likeness (QED) is 0.271. The zero-order valence-electron chi connectivity index (χ0n) is 21.7. The standard InChI is InChI=1S/C30H27F6NO4/c31-29(32,33)24-13-16-28(17-14-24,23-9-3-21(4-10-23)27(40)37-18-15-26(38)39)22-7-1-19(2-8-22)20-5-11-25(12-6-20)41-30(34,35)36/h1-12,24H,13-18H2,(H,37,40)(H,38,39). The van der Waals surface area contributed by atoms with Crippen molar-refractivity contribution in [2.45, 2.75) is 50.1 Å². The van der Waals surface area contributed by atoms with Crippen molar-refractivity contribution in [2.24, 2.45) is 5.92 Å². The number of rotatable bonds is 8. The largest absolute Gasteiger partial charge is 0.573 e. The van der Waals surface area contributed by atoms with Gasteiger partial charge in [-0.3, -0.25) is 9.59 Å². The van der Waals surface area contributed by atoms with Gasteiger partial charge in [-0.05, 0) is 72.2 Å². The Kier molecular flexibility index (Phi) is 8.65. The molecule has 3 aromatic rings. The van der Waals surface area contributed by atoms with Gasteiger partial charge in [0.05, 0.1) is 12.3 Å². The van der Waals surface area contributed by atoms with Crippen LogP contribution in [-0.2, 0) is 10.2 Å². The van der Waals surface area contributed by atoms with Gasteiger partial charge in [-0.1, -0.05) is 48.5 Å². The number of benzene rings is 3. The second-order valence-electron chi connectivity index (χ2n) is 10.0. The molecule has 1 aliphatic rings. The van der Waals surface area contributed by atoms with E-state index in [0.29, 0.717) is 16.7 Å². The highest BCUT2D eigenvalue weighted by Gasteiger charge is 2.47. The summed E-state index contributed by atoms with van der Waals surface area (Å²) < 4.78 is 81.8. The molecule has 0 spiro atoms. The van der Waals surface area contributed by atoms with Crippen molar-refractivity contribution in [1.82, 2.24) is 5.32 Å². The van der Waals surface area contributed by atoms with Gasteiger partial charge in [-0.2, -0.15) is 13.2 Å². The van der Waals surface area contributed by atoms with Gasteiger partial charge in [0.15, 0.2) is 0 Å². The molecule has 0 saturated heterocycles. The van der Waals surface area contributed by atoms with Crippen LogP contribution in [0.15, 0.2) is 72.8 Å². The first-order chi connectivity index (χ1) is 19.3. The third kappa shape index (κ3) is 7.39. The molecule has 4 rings (SSSR count). The second-order valence-corrected chi connectivity index (χ2v) is 10.0. The molecule has 41 heavy (non-hydrogen) atoms. The van der Waals surface area contributed by atoms with Gasteiger partial charge in [0, 0.05) is 17.5 Å². The van der Waals surface area contributed by atoms with Gasteiger partial charge in [-0.25, -0.2) is 0 Å². The average molecular weight is 580 g/mol. The number of carboxylic acids is 1. The lowest BCUT2D eigenvalue weighted by atomic mass is 9.63. The van der Waals surface area contributed by atoms with Crippen LogP contribution in [0.1, 0.15) is 53.6 Å². The summed E-state index contributed by atoms with van der Waals surface area (Å²) in [6.07, 6.45) is -9.00. The Balaban J connectivity index is 1.60. The van der Waals surface area contributed by atoms with E-state index in [9.17, 15) is 35.9 Å². The molecule has 3 aromatic carbocycles. The van der Waals surface area contributed by atoms with E-state index < -0.39 is 35.7 Å². The Morgan fingerprint density at radius 3 is 1.76 bits per heavy atom. The highest BCUT2D eigenvalue weighted by molar-refractivity contribution is 5.94. The molecular weight excluding hydrogens is 552 g/mol. The predicted molar refractivity (Wildman–Crippen MR) is 138 cm³/mol. The molecule has 1 aliphatic carbocycles. The first-order valence-electron chi connectivity index (χ1n) is 12.9. The summed E-state index contributed by atoms with van der Waals surface area (Å²) >= 11 is 0. The minimum Gasteiger partial charge on any atom is -0.481 e. The normalized spacial score (nSPS) is 19.4. The highest BCUT2D eigenvalue weighted by Crippen LogP contribution is 2.50. The van der Waals surface area contributed by atoms with Gasteiger partial charge >= 0.3 is 18.5 Å². The summed E-state index contributed by atoms with van der Waals surface area (Å²) in [5, 5.41) is 11.3. The van der Waals surface area contributed by atoms with Crippen LogP contribution in [0.2, 0.25) is 0 Å². The van der Waals surface area contributed by atoms with E-state index in [1.165, 1.54) is 24.3 Å². The SMILES string of the molecule is O=C(O)CCNC(=O)c1ccc(C2(c3ccc(-c4ccc(OC(F)(F)F)cc4)cc3)CCC(C(F)(F)F)CC2)cc1. The molecular formula is C30H27F6NO4. The minimum atomic E-state index is -4.80. The number of amides is 1. The van der Waals surface area contributed by atoms with Gasteiger partial charge < -0.3 is 15.2 Å². The molecule has 0 radical (unpaired) electrons. The summed E-state index contributed by atoms with van der Waals surface area (Å²) in [6.45, 7) is -0.0386. The third-order valence-electron chi connectivity index (χ3n) is 7.48. The van der Waals surface area contributed by atoms with Crippen molar-refractivity contribution < 1.29 is 45.8 Å². The van der Waals surface area contributed by atoms with Crippen molar-refractivity contribution >= 4 is 11.9 Å². The average Bonchev–Trinajstić information content (AvgIpc) is 2.92. The fourth-order valence-electron chi connectivity index (χ4n) is 5.34. The molecule has 1 fully saturated rings. The lowest BCUT2D eigenvalue weighted by molar-refractivity contribution is -0.274. The number of aliphatic carboxylic acids is 1. The topological polar surface area (TPSA) is 75.6 Å². The second kappa shape index (κ2) is 11.8. The molecule has 11 heteroatoms. The monoisotopic (exact) mass is 579 g/mol. The molecule has 0 atom stereocenters. The van der Waals surface area contributed by atoms with E-state index in [-0.39, 0.29) is 44.4 Å². The number of alkyl halides is 6. The Labute approximate surface area is 232 Å². The molecule has 0 bridgehead atoms. The lowest BCUT2D eigenvalue weighted by Crippen LogP contribution is -2.37. The fraction of sp³-hybridized carbons (Fsp3) is 0.333. The number of halogens is 6. The molecule has 0 unspecified atom stereocenters. The van der Waals surface area contributed by atoms with E-state index in [0.717, 1.165) is 11.1 Å². The smallest absolute Gasteiger partial charge is 0.481 e. The Morgan fingerprint density at radius 2 is 1.29 bits per heavy atom. The van der Waals surface area contributed by atoms with Crippen molar-refractivity contribution in [3.8, 4) is 16.9 Å². The zero-order valence-corrected chi connectivity index (χ0v) is 21.7.